The van der Waals surface area contributed by atoms with E-state index in [1.54, 1.807) is 0 Å². The Balaban J connectivity index is 1.90. The number of carbonyl (C=O) groups is 1. The van der Waals surface area contributed by atoms with E-state index in [0.717, 1.165) is 22.4 Å². The predicted octanol–water partition coefficient (Wildman–Crippen LogP) is 5.18. The number of methoxy groups -OCH3 is 1. The molecule has 3 heteroatoms. The number of rotatable bonds is 4. The van der Waals surface area contributed by atoms with Gasteiger partial charge in [0.25, 0.3) is 0 Å². The van der Waals surface area contributed by atoms with E-state index in [1.165, 1.54) is 7.11 Å². The van der Waals surface area contributed by atoms with Crippen LogP contribution in [0.25, 0.3) is 6.08 Å². The van der Waals surface area contributed by atoms with Crippen LogP contribution in [0.1, 0.15) is 28.8 Å². The van der Waals surface area contributed by atoms with Gasteiger partial charge in [0.05, 0.1) is 13.2 Å². The summed E-state index contributed by atoms with van der Waals surface area (Å²) in [4.78, 5) is 15.1. The Hall–Kier alpha value is -3.33. The lowest BCUT2D eigenvalue weighted by molar-refractivity contribution is -0.142. The van der Waals surface area contributed by atoms with Crippen LogP contribution in [-0.4, -0.2) is 13.1 Å². The number of benzene rings is 3. The first-order valence-corrected chi connectivity index (χ1v) is 9.03. The summed E-state index contributed by atoms with van der Waals surface area (Å²) in [6.07, 6.45) is 4.28. The van der Waals surface area contributed by atoms with E-state index >= 15 is 0 Å². The van der Waals surface area contributed by atoms with E-state index in [4.69, 9.17) is 4.74 Å². The Bertz CT molecular complexity index is 950. The number of hydrogen-bond acceptors (Lipinski definition) is 3. The zero-order valence-electron chi connectivity index (χ0n) is 15.2. The summed E-state index contributed by atoms with van der Waals surface area (Å²) in [6.45, 7) is 0. The first kappa shape index (κ1) is 17.1. The average Bonchev–Trinajstić information content (AvgIpc) is 2.75. The van der Waals surface area contributed by atoms with Crippen molar-refractivity contribution in [2.45, 2.75) is 12.1 Å². The van der Waals surface area contributed by atoms with Crippen molar-refractivity contribution < 1.29 is 9.53 Å². The van der Waals surface area contributed by atoms with Crippen LogP contribution in [0.3, 0.4) is 0 Å². The lowest BCUT2D eigenvalue weighted by Crippen LogP contribution is -2.38. The van der Waals surface area contributed by atoms with Crippen LogP contribution < -0.4 is 4.90 Å². The molecule has 4 rings (SSSR count). The number of ether oxygens (including phenoxy) is 1. The molecule has 1 unspecified atom stereocenters. The van der Waals surface area contributed by atoms with Crippen molar-refractivity contribution in [1.29, 1.82) is 0 Å². The number of para-hydroxylation sites is 1. The minimum absolute atomic E-state index is 0.0644. The van der Waals surface area contributed by atoms with Gasteiger partial charge in [0.1, 0.15) is 0 Å². The number of anilines is 1. The second kappa shape index (κ2) is 7.50. The molecule has 0 radical (unpaired) electrons. The maximum Gasteiger partial charge on any atom is 0.333 e. The molecule has 1 aliphatic rings. The van der Waals surface area contributed by atoms with Gasteiger partial charge in [-0.15, -0.1) is 0 Å². The highest BCUT2D eigenvalue weighted by atomic mass is 16.5. The molecule has 0 N–H and O–H groups in total. The topological polar surface area (TPSA) is 29.5 Å². The van der Waals surface area contributed by atoms with Crippen LogP contribution in [0, 0.1) is 0 Å². The lowest BCUT2D eigenvalue weighted by atomic mass is 9.93. The van der Waals surface area contributed by atoms with E-state index in [0.29, 0.717) is 0 Å². The molecule has 0 spiro atoms. The van der Waals surface area contributed by atoms with Gasteiger partial charge in [-0.1, -0.05) is 91.0 Å². The van der Waals surface area contributed by atoms with Crippen LogP contribution >= 0.6 is 0 Å². The minimum Gasteiger partial charge on any atom is -0.467 e. The van der Waals surface area contributed by atoms with E-state index in [9.17, 15) is 4.79 Å². The molecule has 0 saturated carbocycles. The minimum atomic E-state index is -0.535. The number of nitrogens with zero attached hydrogens (tertiary/aromatic N) is 1. The first-order chi connectivity index (χ1) is 13.3. The van der Waals surface area contributed by atoms with Gasteiger partial charge in [0.2, 0.25) is 0 Å². The molecule has 27 heavy (non-hydrogen) atoms. The summed E-state index contributed by atoms with van der Waals surface area (Å²) in [5.41, 5.74) is 4.16. The normalized spacial score (nSPS) is 16.5. The van der Waals surface area contributed by atoms with Crippen molar-refractivity contribution in [1.82, 2.24) is 0 Å². The predicted molar refractivity (Wildman–Crippen MR) is 108 cm³/mol. The first-order valence-electron chi connectivity index (χ1n) is 9.03. The summed E-state index contributed by atoms with van der Waals surface area (Å²) in [5.74, 6) is -0.271. The van der Waals surface area contributed by atoms with Crippen LogP contribution in [0.5, 0.6) is 0 Å². The van der Waals surface area contributed by atoms with Crippen molar-refractivity contribution in [2.24, 2.45) is 0 Å². The van der Waals surface area contributed by atoms with Gasteiger partial charge in [0.15, 0.2) is 6.04 Å². The molecule has 3 aromatic carbocycles. The highest BCUT2D eigenvalue weighted by molar-refractivity contribution is 5.85. The molecule has 1 heterocycles. The fourth-order valence-corrected chi connectivity index (χ4v) is 3.68. The Kier molecular flexibility index (Phi) is 4.75. The second-order valence-corrected chi connectivity index (χ2v) is 6.52. The van der Waals surface area contributed by atoms with Gasteiger partial charge in [-0.05, 0) is 22.8 Å². The van der Waals surface area contributed by atoms with Gasteiger partial charge in [-0.3, -0.25) is 0 Å². The maximum atomic E-state index is 12.9. The molecule has 0 fully saturated rings. The van der Waals surface area contributed by atoms with Crippen LogP contribution in [0.2, 0.25) is 0 Å². The molecule has 0 amide bonds. The summed E-state index contributed by atoms with van der Waals surface area (Å²) in [7, 11) is 1.45. The summed E-state index contributed by atoms with van der Waals surface area (Å²) >= 11 is 0. The smallest absolute Gasteiger partial charge is 0.333 e. The van der Waals surface area contributed by atoms with E-state index in [-0.39, 0.29) is 12.0 Å². The molecule has 1 aliphatic heterocycles. The Morgan fingerprint density at radius 3 is 2.22 bits per heavy atom. The van der Waals surface area contributed by atoms with Crippen molar-refractivity contribution >= 4 is 17.7 Å². The number of hydrogen-bond donors (Lipinski definition) is 0. The third-order valence-electron chi connectivity index (χ3n) is 4.93. The molecular weight excluding hydrogens is 334 g/mol. The zero-order valence-corrected chi connectivity index (χ0v) is 15.2. The van der Waals surface area contributed by atoms with Gasteiger partial charge in [-0.25, -0.2) is 4.79 Å². The Labute approximate surface area is 159 Å². The lowest BCUT2D eigenvalue weighted by Gasteiger charge is -2.40. The largest absolute Gasteiger partial charge is 0.467 e. The fourth-order valence-electron chi connectivity index (χ4n) is 3.68. The molecule has 134 valence electrons. The summed E-state index contributed by atoms with van der Waals surface area (Å²) in [6, 6.07) is 27.6. The monoisotopic (exact) mass is 355 g/mol. The maximum absolute atomic E-state index is 12.9. The van der Waals surface area contributed by atoms with Crippen LogP contribution in [-0.2, 0) is 9.53 Å². The second-order valence-electron chi connectivity index (χ2n) is 6.52. The SMILES string of the molecule is COC(=O)C(c1ccccc1)N1c2ccccc2C=C[C@@H]1c1ccccc1. The zero-order chi connectivity index (χ0) is 18.6. The fraction of sp³-hybridized carbons (Fsp3) is 0.125. The van der Waals surface area contributed by atoms with E-state index < -0.39 is 6.04 Å². The van der Waals surface area contributed by atoms with Gasteiger partial charge >= 0.3 is 5.97 Å². The average molecular weight is 355 g/mol. The molecule has 0 bridgehead atoms. The number of carbonyl (C=O) groups excluding carboxylic acids is 1. The summed E-state index contributed by atoms with van der Waals surface area (Å²) < 4.78 is 5.21. The van der Waals surface area contributed by atoms with Crippen molar-refractivity contribution in [2.75, 3.05) is 12.0 Å². The van der Waals surface area contributed by atoms with Crippen molar-refractivity contribution in [3.8, 4) is 0 Å². The highest BCUT2D eigenvalue weighted by Gasteiger charge is 2.36. The highest BCUT2D eigenvalue weighted by Crippen LogP contribution is 2.42. The Morgan fingerprint density at radius 1 is 0.889 bits per heavy atom. The van der Waals surface area contributed by atoms with Crippen LogP contribution in [0.4, 0.5) is 5.69 Å². The van der Waals surface area contributed by atoms with Crippen LogP contribution in [0.15, 0.2) is 91.0 Å². The number of esters is 1. The van der Waals surface area contributed by atoms with Gasteiger partial charge in [0, 0.05) is 5.69 Å². The third-order valence-corrected chi connectivity index (χ3v) is 4.93. The summed E-state index contributed by atoms with van der Waals surface area (Å²) in [5, 5.41) is 0. The quantitative estimate of drug-likeness (QED) is 0.604. The van der Waals surface area contributed by atoms with Crippen molar-refractivity contribution in [3.63, 3.8) is 0 Å². The van der Waals surface area contributed by atoms with E-state index in [2.05, 4.69) is 41.3 Å². The molecule has 3 nitrogen and oxygen atoms in total. The molecular formula is C24H21NO2. The standard InChI is InChI=1S/C24H21NO2/c1-27-24(26)23(20-13-6-3-7-14-20)25-21-15-9-8-12-19(21)16-17-22(25)18-10-4-2-5-11-18/h2-17,22-23H,1H3/t22-,23?/m1/s1. The van der Waals surface area contributed by atoms with Crippen molar-refractivity contribution in [3.05, 3.63) is 108 Å². The van der Waals surface area contributed by atoms with Gasteiger partial charge < -0.3 is 9.64 Å². The molecule has 0 aromatic heterocycles. The van der Waals surface area contributed by atoms with Gasteiger partial charge in [-0.2, -0.15) is 0 Å². The third kappa shape index (κ3) is 3.24. The Morgan fingerprint density at radius 2 is 1.52 bits per heavy atom. The molecule has 0 saturated heterocycles. The van der Waals surface area contributed by atoms with E-state index in [1.807, 2.05) is 60.7 Å². The molecule has 0 aliphatic carbocycles. The molecule has 2 atom stereocenters. The number of fused-ring (bicyclic) bond motifs is 1. The molecule has 3 aromatic rings.